The van der Waals surface area contributed by atoms with Gasteiger partial charge in [-0.25, -0.2) is 4.98 Å². The van der Waals surface area contributed by atoms with E-state index in [4.69, 9.17) is 5.73 Å². The van der Waals surface area contributed by atoms with Gasteiger partial charge < -0.3 is 11.1 Å². The van der Waals surface area contributed by atoms with E-state index < -0.39 is 0 Å². The molecule has 20 heavy (non-hydrogen) atoms. The molecule has 2 aromatic rings. The minimum atomic E-state index is -0.139. The van der Waals surface area contributed by atoms with Crippen molar-refractivity contribution in [2.45, 2.75) is 18.9 Å². The molecule has 1 atom stereocenters. The number of hydrogen-bond donors (Lipinski definition) is 2. The molecule has 1 aromatic heterocycles. The number of nitrogens with one attached hydrogen (secondary N) is 1. The zero-order valence-corrected chi connectivity index (χ0v) is 11.9. The first-order valence-corrected chi connectivity index (χ1v) is 7.67. The van der Waals surface area contributed by atoms with Crippen LogP contribution in [0.3, 0.4) is 0 Å². The van der Waals surface area contributed by atoms with Gasteiger partial charge in [-0.1, -0.05) is 30.3 Å². The van der Waals surface area contributed by atoms with Gasteiger partial charge in [0.05, 0.1) is 0 Å². The summed E-state index contributed by atoms with van der Waals surface area (Å²) in [7, 11) is 0. The largest absolute Gasteiger partial charge is 0.349 e. The van der Waals surface area contributed by atoms with Crippen LogP contribution in [-0.4, -0.2) is 23.5 Å². The summed E-state index contributed by atoms with van der Waals surface area (Å²) in [5.41, 5.74) is 7.47. The molecule has 104 valence electrons. The fraction of sp³-hybridized carbons (Fsp3) is 0.333. The van der Waals surface area contributed by atoms with Crippen LogP contribution >= 0.6 is 11.3 Å². The molecule has 1 heterocycles. The van der Waals surface area contributed by atoms with Gasteiger partial charge in [-0.2, -0.15) is 0 Å². The molecule has 1 aromatic carbocycles. The summed E-state index contributed by atoms with van der Waals surface area (Å²) in [6.45, 7) is 0.529. The standard InChI is InChI=1S/C15H17N3OS/c16-12(10-6-7-10)8-17-14(19)13-9-20-15(18-13)11-4-2-1-3-5-11/h1-5,9-10,12H,6-8,16H2,(H,17,19). The van der Waals surface area contributed by atoms with Gasteiger partial charge in [0.25, 0.3) is 5.91 Å². The Balaban J connectivity index is 1.62. The van der Waals surface area contributed by atoms with Crippen LogP contribution in [0.4, 0.5) is 0 Å². The predicted octanol–water partition coefficient (Wildman–Crippen LogP) is 2.28. The van der Waals surface area contributed by atoms with Gasteiger partial charge >= 0.3 is 0 Å². The number of benzene rings is 1. The van der Waals surface area contributed by atoms with E-state index in [1.165, 1.54) is 24.2 Å². The lowest BCUT2D eigenvalue weighted by molar-refractivity contribution is 0.0946. The summed E-state index contributed by atoms with van der Waals surface area (Å²) >= 11 is 1.48. The first-order chi connectivity index (χ1) is 9.74. The summed E-state index contributed by atoms with van der Waals surface area (Å²) in [4.78, 5) is 16.4. The fourth-order valence-corrected chi connectivity index (χ4v) is 2.89. The van der Waals surface area contributed by atoms with Gasteiger partial charge in [-0.05, 0) is 18.8 Å². The normalized spacial score (nSPS) is 15.8. The predicted molar refractivity (Wildman–Crippen MR) is 80.6 cm³/mol. The molecular weight excluding hydrogens is 270 g/mol. The lowest BCUT2D eigenvalue weighted by atomic mass is 10.2. The highest BCUT2D eigenvalue weighted by Gasteiger charge is 2.28. The second-order valence-corrected chi connectivity index (χ2v) is 5.97. The third-order valence-electron chi connectivity index (χ3n) is 3.48. The molecular formula is C15H17N3OS. The summed E-state index contributed by atoms with van der Waals surface area (Å²) < 4.78 is 0. The molecule has 4 nitrogen and oxygen atoms in total. The zero-order valence-electron chi connectivity index (χ0n) is 11.1. The molecule has 0 spiro atoms. The number of thiazole rings is 1. The van der Waals surface area contributed by atoms with Crippen LogP contribution in [-0.2, 0) is 0 Å². The third-order valence-corrected chi connectivity index (χ3v) is 4.37. The van der Waals surface area contributed by atoms with Crippen LogP contribution in [0.2, 0.25) is 0 Å². The number of hydrogen-bond acceptors (Lipinski definition) is 4. The maximum atomic E-state index is 12.0. The molecule has 0 aliphatic heterocycles. The average Bonchev–Trinajstić information content (AvgIpc) is 3.22. The van der Waals surface area contributed by atoms with E-state index in [0.29, 0.717) is 18.2 Å². The van der Waals surface area contributed by atoms with Crippen LogP contribution in [0, 0.1) is 5.92 Å². The van der Waals surface area contributed by atoms with Crippen molar-refractivity contribution in [3.63, 3.8) is 0 Å². The van der Waals surface area contributed by atoms with Crippen molar-refractivity contribution in [3.8, 4) is 10.6 Å². The van der Waals surface area contributed by atoms with Crippen LogP contribution in [0.25, 0.3) is 10.6 Å². The molecule has 3 N–H and O–H groups in total. The van der Waals surface area contributed by atoms with E-state index in [1.54, 1.807) is 5.38 Å². The topological polar surface area (TPSA) is 68.0 Å². The molecule has 1 amide bonds. The number of amides is 1. The lowest BCUT2D eigenvalue weighted by Gasteiger charge is -2.10. The highest BCUT2D eigenvalue weighted by atomic mass is 32.1. The first kappa shape index (κ1) is 13.3. The Hall–Kier alpha value is -1.72. The summed E-state index contributed by atoms with van der Waals surface area (Å²) in [5, 5.41) is 5.52. The summed E-state index contributed by atoms with van der Waals surface area (Å²) in [6.07, 6.45) is 2.37. The Morgan fingerprint density at radius 2 is 2.15 bits per heavy atom. The maximum absolute atomic E-state index is 12.0. The number of carbonyl (C=O) groups excluding carboxylic acids is 1. The molecule has 1 unspecified atom stereocenters. The summed E-state index contributed by atoms with van der Waals surface area (Å²) in [6, 6.07) is 9.94. The SMILES string of the molecule is NC(CNC(=O)c1csc(-c2ccccc2)n1)C1CC1. The van der Waals surface area contributed by atoms with Gasteiger partial charge in [0, 0.05) is 23.5 Å². The van der Waals surface area contributed by atoms with Crippen molar-refractivity contribution in [2.24, 2.45) is 11.7 Å². The minimum Gasteiger partial charge on any atom is -0.349 e. The van der Waals surface area contributed by atoms with Crippen molar-refractivity contribution >= 4 is 17.2 Å². The quantitative estimate of drug-likeness (QED) is 0.886. The molecule has 1 aliphatic carbocycles. The average molecular weight is 287 g/mol. The lowest BCUT2D eigenvalue weighted by Crippen LogP contribution is -2.38. The third kappa shape index (κ3) is 3.05. The molecule has 0 bridgehead atoms. The maximum Gasteiger partial charge on any atom is 0.270 e. The molecule has 1 aliphatic rings. The molecule has 3 rings (SSSR count). The monoisotopic (exact) mass is 287 g/mol. The van der Waals surface area contributed by atoms with E-state index in [0.717, 1.165) is 10.6 Å². The number of rotatable bonds is 5. The van der Waals surface area contributed by atoms with E-state index >= 15 is 0 Å². The Labute approximate surface area is 122 Å². The summed E-state index contributed by atoms with van der Waals surface area (Å²) in [5.74, 6) is 0.449. The zero-order chi connectivity index (χ0) is 13.9. The number of carbonyl (C=O) groups is 1. The highest BCUT2D eigenvalue weighted by molar-refractivity contribution is 7.13. The van der Waals surface area contributed by atoms with Gasteiger partial charge in [0.1, 0.15) is 10.7 Å². The number of nitrogens with two attached hydrogens (primary N) is 1. The van der Waals surface area contributed by atoms with Crippen LogP contribution < -0.4 is 11.1 Å². The Kier molecular flexibility index (Phi) is 3.80. The van der Waals surface area contributed by atoms with Crippen LogP contribution in [0.1, 0.15) is 23.3 Å². The van der Waals surface area contributed by atoms with Gasteiger partial charge in [-0.15, -0.1) is 11.3 Å². The number of nitrogens with zero attached hydrogens (tertiary/aromatic N) is 1. The van der Waals surface area contributed by atoms with Crippen molar-refractivity contribution in [1.82, 2.24) is 10.3 Å². The van der Waals surface area contributed by atoms with Crippen LogP contribution in [0.5, 0.6) is 0 Å². The van der Waals surface area contributed by atoms with E-state index in [2.05, 4.69) is 10.3 Å². The Morgan fingerprint density at radius 1 is 1.40 bits per heavy atom. The van der Waals surface area contributed by atoms with Crippen molar-refractivity contribution in [1.29, 1.82) is 0 Å². The second-order valence-electron chi connectivity index (χ2n) is 5.12. The smallest absolute Gasteiger partial charge is 0.270 e. The number of aromatic nitrogens is 1. The van der Waals surface area contributed by atoms with E-state index in [9.17, 15) is 4.79 Å². The van der Waals surface area contributed by atoms with Crippen molar-refractivity contribution < 1.29 is 4.79 Å². The molecule has 0 radical (unpaired) electrons. The highest BCUT2D eigenvalue weighted by Crippen LogP contribution is 2.31. The Bertz CT molecular complexity index is 592. The van der Waals surface area contributed by atoms with E-state index in [1.807, 2.05) is 30.3 Å². The van der Waals surface area contributed by atoms with Crippen molar-refractivity contribution in [3.05, 3.63) is 41.4 Å². The fourth-order valence-electron chi connectivity index (χ4n) is 2.08. The Morgan fingerprint density at radius 3 is 2.85 bits per heavy atom. The van der Waals surface area contributed by atoms with Gasteiger partial charge in [0.15, 0.2) is 0 Å². The minimum absolute atomic E-state index is 0.0752. The van der Waals surface area contributed by atoms with Gasteiger partial charge in [-0.3, -0.25) is 4.79 Å². The second kappa shape index (κ2) is 5.73. The van der Waals surface area contributed by atoms with Crippen molar-refractivity contribution in [2.75, 3.05) is 6.54 Å². The van der Waals surface area contributed by atoms with Gasteiger partial charge in [0.2, 0.25) is 0 Å². The van der Waals surface area contributed by atoms with E-state index in [-0.39, 0.29) is 11.9 Å². The molecule has 1 fully saturated rings. The van der Waals surface area contributed by atoms with Crippen LogP contribution in [0.15, 0.2) is 35.7 Å². The molecule has 1 saturated carbocycles. The first-order valence-electron chi connectivity index (χ1n) is 6.79. The molecule has 0 saturated heterocycles. The molecule has 5 heteroatoms.